The minimum atomic E-state index is -0.558. The molecule has 0 aliphatic rings. The number of carbonyl (C=O) groups is 1. The Morgan fingerprint density at radius 1 is 1.30 bits per heavy atom. The van der Waals surface area contributed by atoms with Gasteiger partial charge in [-0.05, 0) is 42.7 Å². The molecule has 1 atom stereocenters. The first kappa shape index (κ1) is 17.1. The van der Waals surface area contributed by atoms with E-state index >= 15 is 0 Å². The normalized spacial score (nSPS) is 12.0. The molecule has 23 heavy (non-hydrogen) atoms. The molecule has 0 aliphatic heterocycles. The van der Waals surface area contributed by atoms with Gasteiger partial charge in [0.25, 0.3) is 0 Å². The third-order valence-electron chi connectivity index (χ3n) is 3.87. The van der Waals surface area contributed by atoms with Crippen LogP contribution in [0.1, 0.15) is 30.2 Å². The molecule has 2 aromatic rings. The first-order valence-electron chi connectivity index (χ1n) is 7.79. The predicted molar refractivity (Wildman–Crippen MR) is 89.3 cm³/mol. The third-order valence-corrected chi connectivity index (χ3v) is 3.87. The van der Waals surface area contributed by atoms with Crippen LogP contribution in [0.2, 0.25) is 0 Å². The van der Waals surface area contributed by atoms with Gasteiger partial charge in [0.1, 0.15) is 5.75 Å². The molecule has 0 saturated carbocycles. The zero-order chi connectivity index (χ0) is 16.7. The first-order chi connectivity index (χ1) is 11.1. The Labute approximate surface area is 136 Å². The van der Waals surface area contributed by atoms with Gasteiger partial charge in [-0.25, -0.2) is 0 Å². The molecule has 1 aromatic carbocycles. The Morgan fingerprint density at radius 2 is 2.04 bits per heavy atom. The largest absolute Gasteiger partial charge is 0.497 e. The number of aryl methyl sites for hydroxylation is 2. The molecule has 0 radical (unpaired) electrons. The second kappa shape index (κ2) is 8.39. The molecule has 124 valence electrons. The number of hydrogen-bond acceptors (Lipinski definition) is 3. The topological polar surface area (TPSA) is 63.5 Å². The van der Waals surface area contributed by atoms with Crippen LogP contribution in [0, 0.1) is 0 Å². The smallest absolute Gasteiger partial charge is 0.220 e. The Hall–Kier alpha value is -2.27. The van der Waals surface area contributed by atoms with Crippen LogP contribution in [0.5, 0.6) is 5.75 Å². The van der Waals surface area contributed by atoms with Crippen LogP contribution in [0.3, 0.4) is 0 Å². The number of hydrogen-bond donors (Lipinski definition) is 2. The highest BCUT2D eigenvalue weighted by molar-refractivity contribution is 5.76. The van der Waals surface area contributed by atoms with Crippen LogP contribution < -0.4 is 10.1 Å². The average molecular weight is 316 g/mol. The summed E-state index contributed by atoms with van der Waals surface area (Å²) in [5, 5.41) is 12.9. The average Bonchev–Trinajstić information content (AvgIpc) is 2.99. The molecular weight excluding hydrogens is 292 g/mol. The number of nitrogens with one attached hydrogen (secondary N) is 1. The molecular formula is C18H24N2O3. The van der Waals surface area contributed by atoms with E-state index in [4.69, 9.17) is 4.74 Å². The summed E-state index contributed by atoms with van der Waals surface area (Å²) in [6.07, 6.45) is 2.97. The maximum absolute atomic E-state index is 11.9. The minimum Gasteiger partial charge on any atom is -0.497 e. The van der Waals surface area contributed by atoms with Gasteiger partial charge in [-0.15, -0.1) is 0 Å². The number of aliphatic hydroxyl groups is 1. The van der Waals surface area contributed by atoms with E-state index in [0.717, 1.165) is 17.0 Å². The standard InChI is InChI=1S/C18H24N2O3/c1-20-13-3-4-16(20)17(21)11-12-19-18(22)10-7-14-5-8-15(23-2)9-6-14/h3-6,8-9,13,17,21H,7,10-12H2,1-2H3,(H,19,22). The lowest BCUT2D eigenvalue weighted by Gasteiger charge is -2.12. The second-order valence-electron chi connectivity index (χ2n) is 5.55. The van der Waals surface area contributed by atoms with E-state index in [1.54, 1.807) is 7.11 Å². The van der Waals surface area contributed by atoms with Crippen molar-refractivity contribution in [2.75, 3.05) is 13.7 Å². The van der Waals surface area contributed by atoms with E-state index in [1.165, 1.54) is 0 Å². The van der Waals surface area contributed by atoms with Crippen LogP contribution >= 0.6 is 0 Å². The summed E-state index contributed by atoms with van der Waals surface area (Å²) >= 11 is 0. The molecule has 2 rings (SSSR count). The number of amides is 1. The van der Waals surface area contributed by atoms with Crippen molar-refractivity contribution in [1.82, 2.24) is 9.88 Å². The number of aromatic nitrogens is 1. The zero-order valence-electron chi connectivity index (χ0n) is 13.7. The SMILES string of the molecule is COc1ccc(CCC(=O)NCCC(O)c2cccn2C)cc1. The summed E-state index contributed by atoms with van der Waals surface area (Å²) in [5.74, 6) is 0.813. The van der Waals surface area contributed by atoms with Gasteiger partial charge in [-0.2, -0.15) is 0 Å². The highest BCUT2D eigenvalue weighted by Gasteiger charge is 2.10. The number of rotatable bonds is 8. The first-order valence-corrected chi connectivity index (χ1v) is 7.79. The lowest BCUT2D eigenvalue weighted by molar-refractivity contribution is -0.121. The Balaban J connectivity index is 1.67. The van der Waals surface area contributed by atoms with E-state index in [-0.39, 0.29) is 5.91 Å². The van der Waals surface area contributed by atoms with Crippen molar-refractivity contribution < 1.29 is 14.6 Å². The van der Waals surface area contributed by atoms with Crippen molar-refractivity contribution in [3.05, 3.63) is 53.9 Å². The number of aliphatic hydroxyl groups excluding tert-OH is 1. The predicted octanol–water partition coefficient (Wildman–Crippen LogP) is 2.21. The number of nitrogens with zero attached hydrogens (tertiary/aromatic N) is 1. The van der Waals surface area contributed by atoms with Crippen molar-refractivity contribution in [3.8, 4) is 5.75 Å². The fourth-order valence-corrected chi connectivity index (χ4v) is 2.46. The fourth-order valence-electron chi connectivity index (χ4n) is 2.46. The van der Waals surface area contributed by atoms with E-state index < -0.39 is 6.10 Å². The van der Waals surface area contributed by atoms with Gasteiger partial charge in [0.15, 0.2) is 0 Å². The van der Waals surface area contributed by atoms with Gasteiger partial charge < -0.3 is 19.7 Å². The van der Waals surface area contributed by atoms with Crippen LogP contribution in [-0.4, -0.2) is 29.2 Å². The van der Waals surface area contributed by atoms with Crippen molar-refractivity contribution >= 4 is 5.91 Å². The van der Waals surface area contributed by atoms with E-state index in [2.05, 4.69) is 5.32 Å². The summed E-state index contributed by atoms with van der Waals surface area (Å²) in [7, 11) is 3.53. The van der Waals surface area contributed by atoms with E-state index in [0.29, 0.717) is 25.8 Å². The number of carbonyl (C=O) groups excluding carboxylic acids is 1. The molecule has 0 aliphatic carbocycles. The summed E-state index contributed by atoms with van der Waals surface area (Å²) < 4.78 is 6.99. The van der Waals surface area contributed by atoms with Gasteiger partial charge in [-0.3, -0.25) is 4.79 Å². The number of methoxy groups -OCH3 is 1. The van der Waals surface area contributed by atoms with Crippen LogP contribution in [0.15, 0.2) is 42.6 Å². The van der Waals surface area contributed by atoms with Crippen LogP contribution in [0.4, 0.5) is 0 Å². The molecule has 1 heterocycles. The van der Waals surface area contributed by atoms with Gasteiger partial charge in [-0.1, -0.05) is 12.1 Å². The lowest BCUT2D eigenvalue weighted by Crippen LogP contribution is -2.26. The van der Waals surface area contributed by atoms with Crippen molar-refractivity contribution in [3.63, 3.8) is 0 Å². The molecule has 5 nitrogen and oxygen atoms in total. The fraction of sp³-hybridized carbons (Fsp3) is 0.389. The van der Waals surface area contributed by atoms with Crippen molar-refractivity contribution in [2.45, 2.75) is 25.4 Å². The highest BCUT2D eigenvalue weighted by Crippen LogP contribution is 2.15. The Kier molecular flexibility index (Phi) is 6.23. The molecule has 1 aromatic heterocycles. The summed E-state index contributed by atoms with van der Waals surface area (Å²) in [5.41, 5.74) is 1.96. The van der Waals surface area contributed by atoms with Crippen LogP contribution in [0.25, 0.3) is 0 Å². The maximum atomic E-state index is 11.9. The molecule has 1 unspecified atom stereocenters. The van der Waals surface area contributed by atoms with E-state index in [9.17, 15) is 9.90 Å². The molecule has 0 bridgehead atoms. The Morgan fingerprint density at radius 3 is 2.65 bits per heavy atom. The van der Waals surface area contributed by atoms with Gasteiger partial charge in [0, 0.05) is 31.9 Å². The number of benzene rings is 1. The highest BCUT2D eigenvalue weighted by atomic mass is 16.5. The van der Waals surface area contributed by atoms with Crippen molar-refractivity contribution in [2.24, 2.45) is 7.05 Å². The molecule has 0 fully saturated rings. The van der Waals surface area contributed by atoms with E-state index in [1.807, 2.05) is 54.2 Å². The summed E-state index contributed by atoms with van der Waals surface area (Å²) in [4.78, 5) is 11.9. The molecule has 5 heteroatoms. The minimum absolute atomic E-state index is 0.0000934. The van der Waals surface area contributed by atoms with Gasteiger partial charge >= 0.3 is 0 Å². The number of ether oxygens (including phenoxy) is 1. The van der Waals surface area contributed by atoms with Gasteiger partial charge in [0.2, 0.25) is 5.91 Å². The zero-order valence-corrected chi connectivity index (χ0v) is 13.7. The molecule has 0 spiro atoms. The molecule has 2 N–H and O–H groups in total. The summed E-state index contributed by atoms with van der Waals surface area (Å²) in [6.45, 7) is 0.466. The summed E-state index contributed by atoms with van der Waals surface area (Å²) in [6, 6.07) is 11.5. The quantitative estimate of drug-likeness (QED) is 0.785. The second-order valence-corrected chi connectivity index (χ2v) is 5.55. The Bertz CT molecular complexity index is 619. The third kappa shape index (κ3) is 5.14. The monoisotopic (exact) mass is 316 g/mol. The van der Waals surface area contributed by atoms with Crippen molar-refractivity contribution in [1.29, 1.82) is 0 Å². The van der Waals surface area contributed by atoms with Gasteiger partial charge in [0.05, 0.1) is 13.2 Å². The van der Waals surface area contributed by atoms with Crippen LogP contribution in [-0.2, 0) is 18.3 Å². The molecule has 0 saturated heterocycles. The lowest BCUT2D eigenvalue weighted by atomic mass is 10.1. The maximum Gasteiger partial charge on any atom is 0.220 e. The molecule has 1 amide bonds.